The quantitative estimate of drug-likeness (QED) is 0.706. The van der Waals surface area contributed by atoms with Crippen LogP contribution < -0.4 is 5.32 Å². The fourth-order valence-corrected chi connectivity index (χ4v) is 2.78. The second-order valence-corrected chi connectivity index (χ2v) is 5.85. The number of aliphatic hydroxyl groups is 1. The minimum atomic E-state index is -0.0349. The summed E-state index contributed by atoms with van der Waals surface area (Å²) in [6.07, 6.45) is 6.34. The molecule has 2 fully saturated rings. The van der Waals surface area contributed by atoms with Crippen molar-refractivity contribution in [3.8, 4) is 0 Å². The molecule has 2 unspecified atom stereocenters. The number of ether oxygens (including phenoxy) is 1. The first kappa shape index (κ1) is 13.8. The molecule has 0 aliphatic heterocycles. The Hall–Kier alpha value is -0.610. The number of hydrogen-bond donors (Lipinski definition) is 2. The number of aliphatic hydroxyl groups excluding tert-OH is 1. The Bertz CT molecular complexity index is 289. The molecule has 0 aromatic rings. The van der Waals surface area contributed by atoms with Gasteiger partial charge in [0.05, 0.1) is 12.5 Å². The van der Waals surface area contributed by atoms with Crippen molar-refractivity contribution in [1.29, 1.82) is 0 Å². The summed E-state index contributed by atoms with van der Waals surface area (Å²) in [6.45, 7) is 3.51. The van der Waals surface area contributed by atoms with E-state index in [1.807, 2.05) is 6.92 Å². The van der Waals surface area contributed by atoms with Gasteiger partial charge >= 0.3 is 5.97 Å². The number of rotatable bonds is 6. The van der Waals surface area contributed by atoms with Gasteiger partial charge < -0.3 is 15.2 Å². The van der Waals surface area contributed by atoms with Crippen LogP contribution in [0.2, 0.25) is 0 Å². The van der Waals surface area contributed by atoms with Crippen molar-refractivity contribution in [3.63, 3.8) is 0 Å². The molecule has 0 aromatic carbocycles. The van der Waals surface area contributed by atoms with Crippen LogP contribution in [0.1, 0.15) is 45.4 Å². The predicted octanol–water partition coefficient (Wildman–Crippen LogP) is 1.47. The molecule has 0 aromatic heterocycles. The summed E-state index contributed by atoms with van der Waals surface area (Å²) in [5.41, 5.74) is 0.150. The zero-order valence-corrected chi connectivity index (χ0v) is 11.3. The molecular weight excluding hydrogens is 230 g/mol. The monoisotopic (exact) mass is 255 g/mol. The van der Waals surface area contributed by atoms with Crippen LogP contribution in [0.3, 0.4) is 0 Å². The van der Waals surface area contributed by atoms with Crippen molar-refractivity contribution in [2.75, 3.05) is 19.8 Å². The molecule has 2 aliphatic carbocycles. The molecule has 2 atom stereocenters. The number of carbonyl (C=O) groups excluding carboxylic acids is 1. The first-order valence-corrected chi connectivity index (χ1v) is 7.20. The van der Waals surface area contributed by atoms with Crippen LogP contribution in [0.5, 0.6) is 0 Å². The van der Waals surface area contributed by atoms with Crippen molar-refractivity contribution in [2.45, 2.75) is 51.5 Å². The lowest BCUT2D eigenvalue weighted by Gasteiger charge is -2.29. The highest BCUT2D eigenvalue weighted by Gasteiger charge is 2.42. The van der Waals surface area contributed by atoms with E-state index in [9.17, 15) is 9.90 Å². The van der Waals surface area contributed by atoms with Gasteiger partial charge in [-0.25, -0.2) is 0 Å². The summed E-state index contributed by atoms with van der Waals surface area (Å²) in [5, 5.41) is 12.8. The van der Waals surface area contributed by atoms with E-state index in [4.69, 9.17) is 4.74 Å². The van der Waals surface area contributed by atoms with E-state index in [0.717, 1.165) is 45.1 Å². The highest BCUT2D eigenvalue weighted by atomic mass is 16.5. The first-order chi connectivity index (χ1) is 8.69. The molecule has 104 valence electrons. The summed E-state index contributed by atoms with van der Waals surface area (Å²) in [7, 11) is 0. The highest BCUT2D eigenvalue weighted by molar-refractivity contribution is 5.72. The van der Waals surface area contributed by atoms with Crippen molar-refractivity contribution in [3.05, 3.63) is 0 Å². The highest BCUT2D eigenvalue weighted by Crippen LogP contribution is 2.44. The van der Waals surface area contributed by atoms with E-state index in [0.29, 0.717) is 12.6 Å². The number of carbonyl (C=O) groups is 1. The molecule has 0 heterocycles. The average Bonchev–Trinajstić information content (AvgIpc) is 3.18. The van der Waals surface area contributed by atoms with Gasteiger partial charge in [-0.2, -0.15) is 0 Å². The molecule has 0 amide bonds. The Balaban J connectivity index is 1.74. The van der Waals surface area contributed by atoms with E-state index in [2.05, 4.69) is 5.32 Å². The smallest absolute Gasteiger partial charge is 0.308 e. The maximum absolute atomic E-state index is 11.7. The number of esters is 1. The molecule has 0 spiro atoms. The van der Waals surface area contributed by atoms with Gasteiger partial charge in [0, 0.05) is 24.6 Å². The number of hydrogen-bond acceptors (Lipinski definition) is 4. The van der Waals surface area contributed by atoms with Gasteiger partial charge in [0.1, 0.15) is 0 Å². The third kappa shape index (κ3) is 3.45. The molecule has 2 aliphatic rings. The van der Waals surface area contributed by atoms with Gasteiger partial charge in [0.2, 0.25) is 0 Å². The summed E-state index contributed by atoms with van der Waals surface area (Å²) in [4.78, 5) is 11.7. The van der Waals surface area contributed by atoms with E-state index >= 15 is 0 Å². The molecule has 4 heteroatoms. The minimum absolute atomic E-state index is 0.0349. The molecule has 2 rings (SSSR count). The molecule has 0 bridgehead atoms. The summed E-state index contributed by atoms with van der Waals surface area (Å²) in [6, 6.07) is 0.414. The summed E-state index contributed by atoms with van der Waals surface area (Å²) >= 11 is 0. The normalized spacial score (nSPS) is 29.9. The molecular formula is C14H25NO3. The van der Waals surface area contributed by atoms with Gasteiger partial charge in [-0.05, 0) is 39.0 Å². The van der Waals surface area contributed by atoms with Gasteiger partial charge in [0.25, 0.3) is 0 Å². The van der Waals surface area contributed by atoms with Crippen molar-refractivity contribution >= 4 is 5.97 Å². The Morgan fingerprint density at radius 2 is 2.22 bits per heavy atom. The standard InChI is InChI=1S/C14H25NO3/c1-2-18-13(17)11-4-3-5-12(8-11)15-9-14(10-16)6-7-14/h11-12,15-16H,2-10H2,1H3. The first-order valence-electron chi connectivity index (χ1n) is 7.20. The lowest BCUT2D eigenvalue weighted by atomic mass is 9.85. The second kappa shape index (κ2) is 6.02. The minimum Gasteiger partial charge on any atom is -0.466 e. The summed E-state index contributed by atoms with van der Waals surface area (Å²) < 4.78 is 5.10. The van der Waals surface area contributed by atoms with Gasteiger partial charge in [-0.3, -0.25) is 4.79 Å². The van der Waals surface area contributed by atoms with Gasteiger partial charge in [0.15, 0.2) is 0 Å². The maximum Gasteiger partial charge on any atom is 0.308 e. The van der Waals surface area contributed by atoms with Crippen LogP contribution in [0, 0.1) is 11.3 Å². The molecule has 4 nitrogen and oxygen atoms in total. The van der Waals surface area contributed by atoms with Crippen molar-refractivity contribution < 1.29 is 14.6 Å². The fourth-order valence-electron chi connectivity index (χ4n) is 2.78. The number of nitrogens with one attached hydrogen (secondary N) is 1. The lowest BCUT2D eigenvalue weighted by Crippen LogP contribution is -2.40. The largest absolute Gasteiger partial charge is 0.466 e. The van der Waals surface area contributed by atoms with E-state index in [-0.39, 0.29) is 23.9 Å². The predicted molar refractivity (Wildman–Crippen MR) is 69.1 cm³/mol. The third-order valence-electron chi connectivity index (χ3n) is 4.35. The Morgan fingerprint density at radius 1 is 1.44 bits per heavy atom. The fraction of sp³-hybridized carbons (Fsp3) is 0.929. The van der Waals surface area contributed by atoms with E-state index < -0.39 is 0 Å². The Labute approximate surface area is 109 Å². The molecule has 2 N–H and O–H groups in total. The lowest BCUT2D eigenvalue weighted by molar-refractivity contribution is -0.149. The van der Waals surface area contributed by atoms with E-state index in [1.165, 1.54) is 0 Å². The summed E-state index contributed by atoms with van der Waals surface area (Å²) in [5.74, 6) is 0.0350. The zero-order valence-electron chi connectivity index (χ0n) is 11.3. The SMILES string of the molecule is CCOC(=O)C1CCCC(NCC2(CO)CC2)C1. The third-order valence-corrected chi connectivity index (χ3v) is 4.35. The Morgan fingerprint density at radius 3 is 2.83 bits per heavy atom. The topological polar surface area (TPSA) is 58.6 Å². The second-order valence-electron chi connectivity index (χ2n) is 5.85. The van der Waals surface area contributed by atoms with Gasteiger partial charge in [-0.1, -0.05) is 6.42 Å². The van der Waals surface area contributed by atoms with Crippen molar-refractivity contribution in [2.24, 2.45) is 11.3 Å². The maximum atomic E-state index is 11.7. The average molecular weight is 255 g/mol. The zero-order chi connectivity index (χ0) is 13.0. The Kier molecular flexibility index (Phi) is 4.62. The van der Waals surface area contributed by atoms with Crippen LogP contribution in [0.4, 0.5) is 0 Å². The molecule has 18 heavy (non-hydrogen) atoms. The van der Waals surface area contributed by atoms with Crippen molar-refractivity contribution in [1.82, 2.24) is 5.32 Å². The molecule has 0 radical (unpaired) electrons. The van der Waals surface area contributed by atoms with Crippen LogP contribution in [-0.4, -0.2) is 36.9 Å². The van der Waals surface area contributed by atoms with Gasteiger partial charge in [-0.15, -0.1) is 0 Å². The van der Waals surface area contributed by atoms with Crippen LogP contribution in [0.15, 0.2) is 0 Å². The van der Waals surface area contributed by atoms with E-state index in [1.54, 1.807) is 0 Å². The van der Waals surface area contributed by atoms with Crippen LogP contribution in [-0.2, 0) is 9.53 Å². The molecule has 2 saturated carbocycles. The molecule has 0 saturated heterocycles. The van der Waals surface area contributed by atoms with Crippen LogP contribution in [0.25, 0.3) is 0 Å². The van der Waals surface area contributed by atoms with Crippen LogP contribution >= 0.6 is 0 Å².